The molecule has 0 radical (unpaired) electrons. The molecule has 0 amide bonds. The Morgan fingerprint density at radius 3 is 1.85 bits per heavy atom. The zero-order valence-electron chi connectivity index (χ0n) is 29.5. The first-order valence-corrected chi connectivity index (χ1v) is 18.2. The molecule has 2 atom stereocenters. The number of anilines is 3. The predicted octanol–water partition coefficient (Wildman–Crippen LogP) is 12.4. The minimum absolute atomic E-state index is 0.0360. The van der Waals surface area contributed by atoms with Gasteiger partial charge in [0.1, 0.15) is 11.2 Å². The van der Waals surface area contributed by atoms with Crippen LogP contribution in [0.15, 0.2) is 174 Å². The van der Waals surface area contributed by atoms with Gasteiger partial charge in [0.15, 0.2) is 17.5 Å². The molecule has 5 nitrogen and oxygen atoms in total. The van der Waals surface area contributed by atoms with Crippen molar-refractivity contribution in [3.8, 4) is 34.2 Å². The summed E-state index contributed by atoms with van der Waals surface area (Å²) < 4.78 is 6.67. The maximum atomic E-state index is 6.67. The van der Waals surface area contributed by atoms with E-state index in [2.05, 4.69) is 116 Å². The first-order chi connectivity index (χ1) is 26.0. The van der Waals surface area contributed by atoms with Crippen LogP contribution in [0.3, 0.4) is 0 Å². The SMILES string of the molecule is CC1(C)c2cc(N(c3ccccc3)c3cc(-c4nc(-c5ccccc5)nc(-c5ccccc5)n4)cc4oc5ccccc5c34)ccc2C2C=CC=CC21. The second kappa shape index (κ2) is 12.3. The molecular formula is C48H36N4O. The van der Waals surface area contributed by atoms with Gasteiger partial charge in [0.05, 0.1) is 11.1 Å². The van der Waals surface area contributed by atoms with E-state index in [9.17, 15) is 0 Å². The highest BCUT2D eigenvalue weighted by atomic mass is 16.3. The zero-order chi connectivity index (χ0) is 35.5. The first-order valence-electron chi connectivity index (χ1n) is 18.2. The van der Waals surface area contributed by atoms with Crippen molar-refractivity contribution in [2.24, 2.45) is 5.92 Å². The third kappa shape index (κ3) is 5.19. The number of para-hydroxylation sites is 2. The van der Waals surface area contributed by atoms with E-state index in [-0.39, 0.29) is 5.41 Å². The molecule has 0 fully saturated rings. The summed E-state index contributed by atoms with van der Waals surface area (Å²) in [5, 5.41) is 2.09. The molecule has 6 aromatic carbocycles. The van der Waals surface area contributed by atoms with Gasteiger partial charge in [0, 0.05) is 39.4 Å². The van der Waals surface area contributed by atoms with Gasteiger partial charge in [-0.05, 0) is 64.9 Å². The van der Waals surface area contributed by atoms with Gasteiger partial charge in [-0.1, -0.05) is 141 Å². The Morgan fingerprint density at radius 2 is 1.15 bits per heavy atom. The Bertz CT molecular complexity index is 2660. The number of allylic oxidation sites excluding steroid dienone is 4. The van der Waals surface area contributed by atoms with Crippen molar-refractivity contribution in [2.45, 2.75) is 25.2 Å². The number of furan rings is 1. The number of rotatable bonds is 6. The van der Waals surface area contributed by atoms with Gasteiger partial charge in [-0.3, -0.25) is 0 Å². The summed E-state index contributed by atoms with van der Waals surface area (Å²) >= 11 is 0. The standard InChI is InChI=1S/C48H36N4O/c1-48(2)39-24-14-12-22-36(39)37-27-26-35(30-40(37)48)52(34-20-10-5-11-21-34)41-28-33(29-43-44(41)38-23-13-15-25-42(38)53-43)47-50-45(31-16-6-3-7-17-31)49-46(51-47)32-18-8-4-9-19-32/h3-30,36,39H,1-2H3. The van der Waals surface area contributed by atoms with Crippen LogP contribution < -0.4 is 4.90 Å². The molecule has 53 heavy (non-hydrogen) atoms. The Kier molecular flexibility index (Phi) is 7.22. The molecule has 0 saturated heterocycles. The molecule has 0 saturated carbocycles. The minimum atomic E-state index is -0.0360. The topological polar surface area (TPSA) is 55.1 Å². The second-order valence-corrected chi connectivity index (χ2v) is 14.5. The van der Waals surface area contributed by atoms with Crippen LogP contribution in [0.1, 0.15) is 30.9 Å². The molecular weight excluding hydrogens is 649 g/mol. The van der Waals surface area contributed by atoms with Crippen molar-refractivity contribution in [1.29, 1.82) is 0 Å². The largest absolute Gasteiger partial charge is 0.456 e. The molecule has 2 aliphatic rings. The van der Waals surface area contributed by atoms with Crippen molar-refractivity contribution in [1.82, 2.24) is 15.0 Å². The first kappa shape index (κ1) is 31.2. The summed E-state index contributed by atoms with van der Waals surface area (Å²) in [5.41, 5.74) is 10.2. The lowest BCUT2D eigenvalue weighted by molar-refractivity contribution is 0.394. The van der Waals surface area contributed by atoms with Gasteiger partial charge in [-0.2, -0.15) is 0 Å². The lowest BCUT2D eigenvalue weighted by Gasteiger charge is -2.30. The molecule has 0 spiro atoms. The fourth-order valence-corrected chi connectivity index (χ4v) is 8.39. The average Bonchev–Trinajstić information content (AvgIpc) is 3.71. The van der Waals surface area contributed by atoms with Crippen molar-refractivity contribution in [2.75, 3.05) is 4.90 Å². The Morgan fingerprint density at radius 1 is 0.547 bits per heavy atom. The maximum Gasteiger partial charge on any atom is 0.164 e. The van der Waals surface area contributed by atoms with Crippen molar-refractivity contribution in [3.63, 3.8) is 0 Å². The molecule has 0 aliphatic heterocycles. The highest BCUT2D eigenvalue weighted by molar-refractivity contribution is 6.14. The van der Waals surface area contributed by atoms with Crippen LogP contribution in [0.5, 0.6) is 0 Å². The lowest BCUT2D eigenvalue weighted by Crippen LogP contribution is -2.24. The van der Waals surface area contributed by atoms with E-state index < -0.39 is 0 Å². The number of aromatic nitrogens is 3. The van der Waals surface area contributed by atoms with Gasteiger partial charge in [-0.15, -0.1) is 0 Å². The molecule has 2 aromatic heterocycles. The molecule has 2 heterocycles. The highest BCUT2D eigenvalue weighted by Crippen LogP contribution is 2.54. The van der Waals surface area contributed by atoms with Crippen LogP contribution in [0.4, 0.5) is 17.1 Å². The van der Waals surface area contributed by atoms with E-state index in [0.717, 1.165) is 55.7 Å². The Balaban J connectivity index is 1.24. The van der Waals surface area contributed by atoms with Crippen molar-refractivity contribution in [3.05, 3.63) is 181 Å². The number of fused-ring (bicyclic) bond motifs is 6. The smallest absolute Gasteiger partial charge is 0.164 e. The van der Waals surface area contributed by atoms with E-state index in [4.69, 9.17) is 19.4 Å². The van der Waals surface area contributed by atoms with E-state index in [1.54, 1.807) is 0 Å². The normalized spacial score (nSPS) is 16.9. The number of benzene rings is 6. The van der Waals surface area contributed by atoms with Gasteiger partial charge >= 0.3 is 0 Å². The van der Waals surface area contributed by atoms with Crippen LogP contribution in [-0.4, -0.2) is 15.0 Å². The van der Waals surface area contributed by atoms with E-state index in [1.807, 2.05) is 72.8 Å². The van der Waals surface area contributed by atoms with Gasteiger partial charge in [-0.25, -0.2) is 15.0 Å². The second-order valence-electron chi connectivity index (χ2n) is 14.5. The molecule has 0 bridgehead atoms. The highest BCUT2D eigenvalue weighted by Gasteiger charge is 2.44. The van der Waals surface area contributed by atoms with Crippen LogP contribution >= 0.6 is 0 Å². The summed E-state index contributed by atoms with van der Waals surface area (Å²) in [7, 11) is 0. The summed E-state index contributed by atoms with van der Waals surface area (Å²) in [6.45, 7) is 4.77. The molecule has 2 aliphatic carbocycles. The third-order valence-corrected chi connectivity index (χ3v) is 11.0. The fourth-order valence-electron chi connectivity index (χ4n) is 8.39. The molecule has 5 heteroatoms. The van der Waals surface area contributed by atoms with Gasteiger partial charge in [0.25, 0.3) is 0 Å². The Hall–Kier alpha value is -6.59. The summed E-state index contributed by atoms with van der Waals surface area (Å²) in [6.07, 6.45) is 9.13. The third-order valence-electron chi connectivity index (χ3n) is 11.0. The van der Waals surface area contributed by atoms with E-state index >= 15 is 0 Å². The van der Waals surface area contributed by atoms with Crippen molar-refractivity contribution >= 4 is 39.0 Å². The Labute approximate surface area is 308 Å². The number of hydrogen-bond acceptors (Lipinski definition) is 5. The quantitative estimate of drug-likeness (QED) is 0.174. The van der Waals surface area contributed by atoms with E-state index in [0.29, 0.717) is 29.3 Å². The predicted molar refractivity (Wildman–Crippen MR) is 216 cm³/mol. The lowest BCUT2D eigenvalue weighted by atomic mass is 9.74. The summed E-state index contributed by atoms with van der Waals surface area (Å²) in [4.78, 5) is 17.6. The average molecular weight is 685 g/mol. The van der Waals surface area contributed by atoms with Crippen molar-refractivity contribution < 1.29 is 4.42 Å². The van der Waals surface area contributed by atoms with Gasteiger partial charge in [0.2, 0.25) is 0 Å². The maximum absolute atomic E-state index is 6.67. The fraction of sp³-hybridized carbons (Fsp3) is 0.104. The van der Waals surface area contributed by atoms with Crippen LogP contribution in [0.2, 0.25) is 0 Å². The number of nitrogens with zero attached hydrogens (tertiary/aromatic N) is 4. The number of hydrogen-bond donors (Lipinski definition) is 0. The molecule has 8 aromatic rings. The summed E-state index contributed by atoms with van der Waals surface area (Å²) in [5.74, 6) is 2.60. The molecule has 2 unspecified atom stereocenters. The van der Waals surface area contributed by atoms with E-state index in [1.165, 1.54) is 11.1 Å². The molecule has 254 valence electrons. The summed E-state index contributed by atoms with van der Waals surface area (Å²) in [6, 6.07) is 50.4. The zero-order valence-corrected chi connectivity index (χ0v) is 29.5. The van der Waals surface area contributed by atoms with Crippen LogP contribution in [0.25, 0.3) is 56.1 Å². The minimum Gasteiger partial charge on any atom is -0.456 e. The molecule has 0 N–H and O–H groups in total. The molecule has 10 rings (SSSR count). The monoisotopic (exact) mass is 684 g/mol. The van der Waals surface area contributed by atoms with Crippen LogP contribution in [-0.2, 0) is 5.41 Å². The van der Waals surface area contributed by atoms with Crippen LogP contribution in [0, 0.1) is 5.92 Å². The van der Waals surface area contributed by atoms with Gasteiger partial charge < -0.3 is 9.32 Å².